The Labute approximate surface area is 179 Å². The van der Waals surface area contributed by atoms with Gasteiger partial charge >= 0.3 is 6.03 Å². The van der Waals surface area contributed by atoms with Crippen LogP contribution in [0.5, 0.6) is 11.5 Å². The molecule has 30 heavy (non-hydrogen) atoms. The number of nitrogens with one attached hydrogen (secondary N) is 2. The maximum absolute atomic E-state index is 12.2. The first-order valence-corrected chi connectivity index (χ1v) is 10.7. The number of nitrogens with zero attached hydrogens (tertiary/aromatic N) is 1. The summed E-state index contributed by atoms with van der Waals surface area (Å²) in [6, 6.07) is 15.9. The molecular weight excluding hydrogens is 378 g/mol. The normalized spacial score (nSPS) is 14.9. The van der Waals surface area contributed by atoms with E-state index in [1.165, 1.54) is 24.8 Å². The van der Waals surface area contributed by atoms with Gasteiger partial charge in [0.1, 0.15) is 11.5 Å². The number of carbonyl (C=O) groups is 1. The molecule has 2 N–H and O–H groups in total. The summed E-state index contributed by atoms with van der Waals surface area (Å²) in [6.45, 7) is 3.96. The molecule has 0 radical (unpaired) electrons. The highest BCUT2D eigenvalue weighted by Gasteiger charge is 2.19. The van der Waals surface area contributed by atoms with Gasteiger partial charge in [-0.1, -0.05) is 30.3 Å². The first kappa shape index (κ1) is 22.0. The fourth-order valence-electron chi connectivity index (χ4n) is 3.93. The van der Waals surface area contributed by atoms with E-state index in [2.05, 4.69) is 45.9 Å². The summed E-state index contributed by atoms with van der Waals surface area (Å²) in [4.78, 5) is 14.7. The quantitative estimate of drug-likeness (QED) is 0.608. The van der Waals surface area contributed by atoms with Crippen molar-refractivity contribution in [3.63, 3.8) is 0 Å². The van der Waals surface area contributed by atoms with Crippen molar-refractivity contribution >= 4 is 11.7 Å². The van der Waals surface area contributed by atoms with E-state index in [1.54, 1.807) is 32.4 Å². The molecule has 1 heterocycles. The number of benzene rings is 2. The molecule has 1 saturated heterocycles. The number of rotatable bonds is 9. The van der Waals surface area contributed by atoms with Gasteiger partial charge in [0.05, 0.1) is 19.9 Å². The van der Waals surface area contributed by atoms with Crippen molar-refractivity contribution in [2.24, 2.45) is 5.92 Å². The number of anilines is 1. The van der Waals surface area contributed by atoms with E-state index in [1.807, 2.05) is 0 Å². The van der Waals surface area contributed by atoms with Gasteiger partial charge in [-0.25, -0.2) is 4.79 Å². The van der Waals surface area contributed by atoms with Crippen LogP contribution in [-0.4, -0.2) is 51.3 Å². The zero-order chi connectivity index (χ0) is 21.2. The summed E-state index contributed by atoms with van der Waals surface area (Å²) >= 11 is 0. The molecule has 0 aliphatic carbocycles. The van der Waals surface area contributed by atoms with E-state index in [4.69, 9.17) is 9.47 Å². The van der Waals surface area contributed by atoms with E-state index in [0.29, 0.717) is 23.7 Å². The van der Waals surface area contributed by atoms with Crippen molar-refractivity contribution in [1.82, 2.24) is 10.2 Å². The maximum Gasteiger partial charge on any atom is 0.319 e. The number of ether oxygens (including phenoxy) is 2. The smallest absolute Gasteiger partial charge is 0.319 e. The molecule has 0 unspecified atom stereocenters. The monoisotopic (exact) mass is 411 g/mol. The van der Waals surface area contributed by atoms with E-state index in [-0.39, 0.29) is 6.03 Å². The molecule has 0 aromatic heterocycles. The van der Waals surface area contributed by atoms with Crippen LogP contribution >= 0.6 is 0 Å². The van der Waals surface area contributed by atoms with Crippen LogP contribution < -0.4 is 20.1 Å². The molecule has 3 rings (SSSR count). The lowest BCUT2D eigenvalue weighted by Gasteiger charge is -2.32. The van der Waals surface area contributed by atoms with Crippen LogP contribution in [0.4, 0.5) is 10.5 Å². The third-order valence-corrected chi connectivity index (χ3v) is 5.67. The van der Waals surface area contributed by atoms with Crippen LogP contribution in [0.15, 0.2) is 48.5 Å². The molecule has 1 aliphatic heterocycles. The van der Waals surface area contributed by atoms with Gasteiger partial charge in [-0.05, 0) is 68.9 Å². The zero-order valence-corrected chi connectivity index (χ0v) is 18.0. The summed E-state index contributed by atoms with van der Waals surface area (Å²) in [5.41, 5.74) is 2.07. The largest absolute Gasteiger partial charge is 0.497 e. The predicted molar refractivity (Wildman–Crippen MR) is 120 cm³/mol. The summed E-state index contributed by atoms with van der Waals surface area (Å²) in [7, 11) is 3.17. The van der Waals surface area contributed by atoms with Gasteiger partial charge in [0.15, 0.2) is 0 Å². The number of hydrogen-bond acceptors (Lipinski definition) is 4. The Bertz CT molecular complexity index is 790. The third-order valence-electron chi connectivity index (χ3n) is 5.67. The number of amides is 2. The molecule has 2 aromatic carbocycles. The summed E-state index contributed by atoms with van der Waals surface area (Å²) in [5.74, 6) is 2.04. The highest BCUT2D eigenvalue weighted by molar-refractivity contribution is 5.91. The minimum Gasteiger partial charge on any atom is -0.497 e. The Morgan fingerprint density at radius 3 is 2.53 bits per heavy atom. The average Bonchev–Trinajstić information content (AvgIpc) is 2.79. The predicted octanol–water partition coefficient (Wildman–Crippen LogP) is 4.17. The Kier molecular flexibility index (Phi) is 8.39. The van der Waals surface area contributed by atoms with Crippen LogP contribution in [0.25, 0.3) is 0 Å². The van der Waals surface area contributed by atoms with Crippen LogP contribution in [-0.2, 0) is 6.42 Å². The molecule has 6 heteroatoms. The second kappa shape index (κ2) is 11.5. The molecule has 6 nitrogen and oxygen atoms in total. The Morgan fingerprint density at radius 2 is 1.83 bits per heavy atom. The Balaban J connectivity index is 1.31. The van der Waals surface area contributed by atoms with Crippen LogP contribution in [0.1, 0.15) is 24.8 Å². The minimum atomic E-state index is -0.222. The summed E-state index contributed by atoms with van der Waals surface area (Å²) < 4.78 is 10.5. The first-order valence-electron chi connectivity index (χ1n) is 10.7. The van der Waals surface area contributed by atoms with Gasteiger partial charge in [-0.15, -0.1) is 0 Å². The molecule has 1 fully saturated rings. The standard InChI is InChI=1S/C24H33N3O3/c1-29-21-9-10-22(23(18-21)30-2)26-24(28)25-13-6-14-27-15-11-20(12-16-27)17-19-7-4-3-5-8-19/h3-5,7-10,18,20H,6,11-17H2,1-2H3,(H2,25,26,28). The number of urea groups is 1. The fourth-order valence-corrected chi connectivity index (χ4v) is 3.93. The van der Waals surface area contributed by atoms with Crippen molar-refractivity contribution in [2.75, 3.05) is 45.7 Å². The molecule has 0 bridgehead atoms. The van der Waals surface area contributed by atoms with Crippen molar-refractivity contribution in [1.29, 1.82) is 0 Å². The molecular formula is C24H33N3O3. The van der Waals surface area contributed by atoms with Gasteiger partial charge in [0.25, 0.3) is 0 Å². The number of likely N-dealkylation sites (tertiary alicyclic amines) is 1. The van der Waals surface area contributed by atoms with E-state index in [0.717, 1.165) is 32.0 Å². The second-order valence-corrected chi connectivity index (χ2v) is 7.78. The molecule has 0 atom stereocenters. The lowest BCUT2D eigenvalue weighted by Crippen LogP contribution is -2.37. The third kappa shape index (κ3) is 6.66. The van der Waals surface area contributed by atoms with Gasteiger partial charge in [-0.3, -0.25) is 0 Å². The zero-order valence-electron chi connectivity index (χ0n) is 18.0. The molecule has 1 aliphatic rings. The average molecular weight is 412 g/mol. The Morgan fingerprint density at radius 1 is 1.07 bits per heavy atom. The fraction of sp³-hybridized carbons (Fsp3) is 0.458. The maximum atomic E-state index is 12.2. The van der Waals surface area contributed by atoms with Crippen LogP contribution in [0.3, 0.4) is 0 Å². The van der Waals surface area contributed by atoms with E-state index in [9.17, 15) is 4.79 Å². The first-order chi connectivity index (χ1) is 14.7. The summed E-state index contributed by atoms with van der Waals surface area (Å²) in [6.07, 6.45) is 4.63. The topological polar surface area (TPSA) is 62.8 Å². The molecule has 162 valence electrons. The van der Waals surface area contributed by atoms with Crippen LogP contribution in [0.2, 0.25) is 0 Å². The van der Waals surface area contributed by atoms with Crippen molar-refractivity contribution in [3.05, 3.63) is 54.1 Å². The van der Waals surface area contributed by atoms with Gasteiger partial charge in [0.2, 0.25) is 0 Å². The number of piperidine rings is 1. The van der Waals surface area contributed by atoms with Crippen LogP contribution in [0, 0.1) is 5.92 Å². The molecule has 0 saturated carbocycles. The highest BCUT2D eigenvalue weighted by Crippen LogP contribution is 2.28. The van der Waals surface area contributed by atoms with Crippen molar-refractivity contribution in [2.45, 2.75) is 25.7 Å². The van der Waals surface area contributed by atoms with E-state index < -0.39 is 0 Å². The Hall–Kier alpha value is -2.73. The van der Waals surface area contributed by atoms with Crippen molar-refractivity contribution < 1.29 is 14.3 Å². The summed E-state index contributed by atoms with van der Waals surface area (Å²) in [5, 5.41) is 5.76. The molecule has 0 spiro atoms. The van der Waals surface area contributed by atoms with Gasteiger partial charge < -0.3 is 25.0 Å². The lowest BCUT2D eigenvalue weighted by molar-refractivity contribution is 0.182. The molecule has 2 aromatic rings. The van der Waals surface area contributed by atoms with E-state index >= 15 is 0 Å². The van der Waals surface area contributed by atoms with Gasteiger partial charge in [0, 0.05) is 12.6 Å². The number of methoxy groups -OCH3 is 2. The SMILES string of the molecule is COc1ccc(NC(=O)NCCCN2CCC(Cc3ccccc3)CC2)c(OC)c1. The highest BCUT2D eigenvalue weighted by atomic mass is 16.5. The number of hydrogen-bond donors (Lipinski definition) is 2. The minimum absolute atomic E-state index is 0.222. The molecule has 2 amide bonds. The van der Waals surface area contributed by atoms with Crippen molar-refractivity contribution in [3.8, 4) is 11.5 Å². The second-order valence-electron chi connectivity index (χ2n) is 7.78. The lowest BCUT2D eigenvalue weighted by atomic mass is 9.90. The van der Waals surface area contributed by atoms with Gasteiger partial charge in [-0.2, -0.15) is 0 Å². The number of carbonyl (C=O) groups excluding carboxylic acids is 1.